The van der Waals surface area contributed by atoms with Gasteiger partial charge >= 0.3 is 0 Å². The zero-order chi connectivity index (χ0) is 14.8. The first-order valence-electron chi connectivity index (χ1n) is 8.02. The third-order valence-electron chi connectivity index (χ3n) is 3.89. The average molecular weight is 301 g/mol. The number of guanidine groups is 1. The highest BCUT2D eigenvalue weighted by molar-refractivity contribution is 7.98. The fraction of sp³-hybridized carbons (Fsp3) is 0.933. The minimum Gasteiger partial charge on any atom is -0.357 e. The van der Waals surface area contributed by atoms with Crippen LogP contribution in [0, 0.1) is 0 Å². The van der Waals surface area contributed by atoms with Crippen molar-refractivity contribution in [3.63, 3.8) is 0 Å². The summed E-state index contributed by atoms with van der Waals surface area (Å²) < 4.78 is 0. The Kier molecular flexibility index (Phi) is 9.10. The van der Waals surface area contributed by atoms with Crippen LogP contribution in [0.15, 0.2) is 4.99 Å². The van der Waals surface area contributed by atoms with Gasteiger partial charge in [-0.1, -0.05) is 13.8 Å². The standard InChI is InChI=1S/C15H32N4S/c1-5-16-15(17-10-8-12-20-4)19-11-9-14(13-19)18(6-2)7-3/h14H,5-13H2,1-4H3,(H,16,17). The van der Waals surface area contributed by atoms with Crippen molar-refractivity contribution in [2.24, 2.45) is 4.99 Å². The van der Waals surface area contributed by atoms with Crippen LogP contribution < -0.4 is 5.32 Å². The SMILES string of the molecule is CCNC(=NCCCSC)N1CCC(N(CC)CC)C1. The van der Waals surface area contributed by atoms with Gasteiger partial charge in [0.1, 0.15) is 0 Å². The number of nitrogens with one attached hydrogen (secondary N) is 1. The Hall–Kier alpha value is -0.420. The van der Waals surface area contributed by atoms with Crippen LogP contribution in [0.4, 0.5) is 0 Å². The molecule has 20 heavy (non-hydrogen) atoms. The van der Waals surface area contributed by atoms with Gasteiger partial charge in [0, 0.05) is 32.2 Å². The molecule has 1 aliphatic heterocycles. The zero-order valence-electron chi connectivity index (χ0n) is 13.7. The van der Waals surface area contributed by atoms with Gasteiger partial charge in [0.15, 0.2) is 5.96 Å². The molecule has 1 unspecified atom stereocenters. The number of rotatable bonds is 8. The van der Waals surface area contributed by atoms with Crippen molar-refractivity contribution in [1.29, 1.82) is 0 Å². The van der Waals surface area contributed by atoms with E-state index in [1.807, 2.05) is 11.8 Å². The summed E-state index contributed by atoms with van der Waals surface area (Å²) in [5, 5.41) is 3.45. The second-order valence-electron chi connectivity index (χ2n) is 5.19. The summed E-state index contributed by atoms with van der Waals surface area (Å²) in [5.41, 5.74) is 0. The van der Waals surface area contributed by atoms with Crippen LogP contribution in [-0.4, -0.2) is 73.1 Å². The molecular formula is C15H32N4S. The normalized spacial score (nSPS) is 19.9. The third-order valence-corrected chi connectivity index (χ3v) is 4.59. The molecule has 5 heteroatoms. The number of likely N-dealkylation sites (N-methyl/N-ethyl adjacent to an activating group) is 1. The maximum absolute atomic E-state index is 4.78. The Balaban J connectivity index is 2.51. The van der Waals surface area contributed by atoms with Gasteiger partial charge in [-0.25, -0.2) is 0 Å². The summed E-state index contributed by atoms with van der Waals surface area (Å²) >= 11 is 1.90. The van der Waals surface area contributed by atoms with Crippen molar-refractivity contribution in [3.8, 4) is 0 Å². The Bertz CT molecular complexity index is 279. The molecule has 0 radical (unpaired) electrons. The van der Waals surface area contributed by atoms with Crippen molar-refractivity contribution in [2.45, 2.75) is 39.7 Å². The molecule has 1 N–H and O–H groups in total. The van der Waals surface area contributed by atoms with Gasteiger partial charge < -0.3 is 10.2 Å². The van der Waals surface area contributed by atoms with E-state index < -0.39 is 0 Å². The summed E-state index contributed by atoms with van der Waals surface area (Å²) in [6.45, 7) is 13.1. The average Bonchev–Trinajstić information content (AvgIpc) is 2.93. The fourth-order valence-corrected chi connectivity index (χ4v) is 3.21. The van der Waals surface area contributed by atoms with E-state index in [1.54, 1.807) is 0 Å². The van der Waals surface area contributed by atoms with E-state index in [4.69, 9.17) is 4.99 Å². The van der Waals surface area contributed by atoms with Crippen LogP contribution in [0.1, 0.15) is 33.6 Å². The quantitative estimate of drug-likeness (QED) is 0.423. The Morgan fingerprint density at radius 3 is 2.70 bits per heavy atom. The highest BCUT2D eigenvalue weighted by atomic mass is 32.2. The molecule has 0 bridgehead atoms. The molecule has 0 spiro atoms. The van der Waals surface area contributed by atoms with E-state index in [9.17, 15) is 0 Å². The lowest BCUT2D eigenvalue weighted by molar-refractivity contribution is 0.223. The van der Waals surface area contributed by atoms with Gasteiger partial charge in [0.05, 0.1) is 0 Å². The number of thioether (sulfide) groups is 1. The third kappa shape index (κ3) is 5.52. The number of hydrogen-bond donors (Lipinski definition) is 1. The summed E-state index contributed by atoms with van der Waals surface area (Å²) in [6.07, 6.45) is 4.59. The monoisotopic (exact) mass is 300 g/mol. The number of nitrogens with zero attached hydrogens (tertiary/aromatic N) is 3. The van der Waals surface area contributed by atoms with Gasteiger partial charge in [-0.05, 0) is 44.9 Å². The molecule has 1 fully saturated rings. The largest absolute Gasteiger partial charge is 0.357 e. The van der Waals surface area contributed by atoms with Crippen molar-refractivity contribution in [1.82, 2.24) is 15.1 Å². The first-order valence-corrected chi connectivity index (χ1v) is 9.42. The first kappa shape index (κ1) is 17.6. The topological polar surface area (TPSA) is 30.9 Å². The number of hydrogen-bond acceptors (Lipinski definition) is 3. The minimum absolute atomic E-state index is 0.694. The van der Waals surface area contributed by atoms with Gasteiger partial charge in [-0.2, -0.15) is 11.8 Å². The van der Waals surface area contributed by atoms with E-state index in [2.05, 4.69) is 42.1 Å². The van der Waals surface area contributed by atoms with Gasteiger partial charge in [0.25, 0.3) is 0 Å². The molecular weight excluding hydrogens is 268 g/mol. The Morgan fingerprint density at radius 2 is 2.10 bits per heavy atom. The van der Waals surface area contributed by atoms with E-state index >= 15 is 0 Å². The highest BCUT2D eigenvalue weighted by Gasteiger charge is 2.27. The molecule has 0 aliphatic carbocycles. The molecule has 1 rings (SSSR count). The molecule has 0 aromatic heterocycles. The maximum atomic E-state index is 4.78. The summed E-state index contributed by atoms with van der Waals surface area (Å²) in [6, 6.07) is 0.694. The molecule has 0 saturated carbocycles. The van der Waals surface area contributed by atoms with Gasteiger partial charge in [-0.3, -0.25) is 9.89 Å². The second-order valence-corrected chi connectivity index (χ2v) is 6.18. The molecule has 1 saturated heterocycles. The van der Waals surface area contributed by atoms with Crippen molar-refractivity contribution in [3.05, 3.63) is 0 Å². The van der Waals surface area contributed by atoms with Gasteiger partial charge in [-0.15, -0.1) is 0 Å². The molecule has 0 amide bonds. The highest BCUT2D eigenvalue weighted by Crippen LogP contribution is 2.15. The van der Waals surface area contributed by atoms with Gasteiger partial charge in [0.2, 0.25) is 0 Å². The molecule has 4 nitrogen and oxygen atoms in total. The van der Waals surface area contributed by atoms with E-state index in [-0.39, 0.29) is 0 Å². The van der Waals surface area contributed by atoms with Crippen molar-refractivity contribution < 1.29 is 0 Å². The molecule has 1 atom stereocenters. The maximum Gasteiger partial charge on any atom is 0.193 e. The lowest BCUT2D eigenvalue weighted by Crippen LogP contribution is -2.43. The first-order chi connectivity index (χ1) is 9.76. The fourth-order valence-electron chi connectivity index (χ4n) is 2.79. The van der Waals surface area contributed by atoms with Crippen LogP contribution in [-0.2, 0) is 0 Å². The molecule has 1 heterocycles. The van der Waals surface area contributed by atoms with E-state index in [0.717, 1.165) is 45.2 Å². The molecule has 0 aromatic carbocycles. The zero-order valence-corrected chi connectivity index (χ0v) is 14.5. The van der Waals surface area contributed by atoms with Crippen LogP contribution in [0.2, 0.25) is 0 Å². The molecule has 0 aromatic rings. The predicted octanol–water partition coefficient (Wildman–Crippen LogP) is 2.12. The lowest BCUT2D eigenvalue weighted by atomic mass is 10.2. The predicted molar refractivity (Wildman–Crippen MR) is 91.9 cm³/mol. The van der Waals surface area contributed by atoms with Crippen molar-refractivity contribution in [2.75, 3.05) is 51.3 Å². The summed E-state index contributed by atoms with van der Waals surface area (Å²) in [7, 11) is 0. The molecule has 118 valence electrons. The van der Waals surface area contributed by atoms with E-state index in [1.165, 1.54) is 18.6 Å². The smallest absolute Gasteiger partial charge is 0.193 e. The van der Waals surface area contributed by atoms with Crippen LogP contribution in [0.3, 0.4) is 0 Å². The van der Waals surface area contributed by atoms with Crippen LogP contribution >= 0.6 is 11.8 Å². The summed E-state index contributed by atoms with van der Waals surface area (Å²) in [4.78, 5) is 9.78. The van der Waals surface area contributed by atoms with E-state index in [0.29, 0.717) is 6.04 Å². The number of aliphatic imine (C=N–C) groups is 1. The lowest BCUT2D eigenvalue weighted by Gasteiger charge is -2.27. The van der Waals surface area contributed by atoms with Crippen LogP contribution in [0.25, 0.3) is 0 Å². The Labute approximate surface area is 129 Å². The minimum atomic E-state index is 0.694. The number of likely N-dealkylation sites (tertiary alicyclic amines) is 1. The second kappa shape index (κ2) is 10.3. The van der Waals surface area contributed by atoms with Crippen molar-refractivity contribution >= 4 is 17.7 Å². The Morgan fingerprint density at radius 1 is 1.35 bits per heavy atom. The van der Waals surface area contributed by atoms with Crippen LogP contribution in [0.5, 0.6) is 0 Å². The molecule has 1 aliphatic rings. The summed E-state index contributed by atoms with van der Waals surface area (Å²) in [5.74, 6) is 2.31.